The van der Waals surface area contributed by atoms with E-state index in [1.165, 1.54) is 19.2 Å². The topological polar surface area (TPSA) is 112 Å². The largest absolute Gasteiger partial charge is 0.377 e. The van der Waals surface area contributed by atoms with Gasteiger partial charge in [0, 0.05) is 28.9 Å². The van der Waals surface area contributed by atoms with Crippen molar-refractivity contribution >= 4 is 29.1 Å². The lowest BCUT2D eigenvalue weighted by atomic mass is 9.74. The molecule has 2 aromatic heterocycles. The number of aryl methyl sites for hydroxylation is 1. The molecule has 1 saturated carbocycles. The smallest absolute Gasteiger partial charge is 0.273 e. The summed E-state index contributed by atoms with van der Waals surface area (Å²) in [5, 5.41) is 27.9. The first-order valence-electron chi connectivity index (χ1n) is 10.0. The van der Waals surface area contributed by atoms with Crippen LogP contribution in [0.2, 0.25) is 10.2 Å². The minimum atomic E-state index is -1.53. The van der Waals surface area contributed by atoms with E-state index in [0.29, 0.717) is 39.7 Å². The fourth-order valence-electron chi connectivity index (χ4n) is 3.80. The van der Waals surface area contributed by atoms with Crippen molar-refractivity contribution in [3.05, 3.63) is 80.4 Å². The van der Waals surface area contributed by atoms with E-state index in [1.807, 2.05) is 6.07 Å². The fraction of sp³-hybridized carbons (Fsp3) is 0.304. The van der Waals surface area contributed by atoms with Gasteiger partial charge in [0.1, 0.15) is 10.8 Å². The van der Waals surface area contributed by atoms with Gasteiger partial charge in [-0.15, -0.1) is 0 Å². The zero-order valence-corrected chi connectivity index (χ0v) is 18.9. The zero-order chi connectivity index (χ0) is 23.0. The Morgan fingerprint density at radius 3 is 2.75 bits per heavy atom. The molecule has 0 saturated heterocycles. The molecule has 1 aromatic carbocycles. The Balaban J connectivity index is 1.41. The molecule has 7 nitrogen and oxygen atoms in total. The summed E-state index contributed by atoms with van der Waals surface area (Å²) >= 11 is 12.0. The number of hydrogen-bond acceptors (Lipinski definition) is 6. The highest BCUT2D eigenvalue weighted by atomic mass is 35.5. The maximum atomic E-state index is 12.6. The number of amides is 1. The van der Waals surface area contributed by atoms with E-state index in [0.717, 1.165) is 5.56 Å². The molecule has 1 unspecified atom stereocenters. The van der Waals surface area contributed by atoms with Gasteiger partial charge in [-0.25, -0.2) is 4.98 Å². The first-order valence-corrected chi connectivity index (χ1v) is 10.8. The van der Waals surface area contributed by atoms with Crippen molar-refractivity contribution in [1.82, 2.24) is 15.5 Å². The van der Waals surface area contributed by atoms with Gasteiger partial charge < -0.3 is 14.9 Å². The fourth-order valence-corrected chi connectivity index (χ4v) is 4.08. The molecule has 1 fully saturated rings. The molecule has 0 radical (unpaired) electrons. The van der Waals surface area contributed by atoms with Crippen LogP contribution in [0.1, 0.15) is 64.2 Å². The number of nitriles is 1. The number of nitrogens with one attached hydrogen (secondary N) is 1. The van der Waals surface area contributed by atoms with Gasteiger partial charge in [0.25, 0.3) is 5.91 Å². The van der Waals surface area contributed by atoms with Crippen molar-refractivity contribution in [3.63, 3.8) is 0 Å². The third-order valence-corrected chi connectivity index (χ3v) is 6.48. The van der Waals surface area contributed by atoms with E-state index in [1.54, 1.807) is 25.1 Å². The second kappa shape index (κ2) is 8.55. The Morgan fingerprint density at radius 1 is 1.31 bits per heavy atom. The van der Waals surface area contributed by atoms with Crippen molar-refractivity contribution in [1.29, 1.82) is 5.26 Å². The summed E-state index contributed by atoms with van der Waals surface area (Å²) < 4.78 is 5.27. The average Bonchev–Trinajstić information content (AvgIpc) is 3.23. The predicted octanol–water partition coefficient (Wildman–Crippen LogP) is 4.49. The van der Waals surface area contributed by atoms with Gasteiger partial charge in [-0.1, -0.05) is 28.4 Å². The van der Waals surface area contributed by atoms with Crippen LogP contribution in [0, 0.1) is 18.3 Å². The van der Waals surface area contributed by atoms with Crippen LogP contribution in [0.3, 0.4) is 0 Å². The van der Waals surface area contributed by atoms with Gasteiger partial charge in [0.2, 0.25) is 0 Å². The highest BCUT2D eigenvalue weighted by Gasteiger charge is 2.35. The summed E-state index contributed by atoms with van der Waals surface area (Å²) in [5.41, 5.74) is 1.22. The maximum Gasteiger partial charge on any atom is 0.273 e. The van der Waals surface area contributed by atoms with Gasteiger partial charge in [-0.3, -0.25) is 4.79 Å². The molecule has 4 rings (SSSR count). The number of rotatable bonds is 5. The van der Waals surface area contributed by atoms with Crippen LogP contribution in [0.4, 0.5) is 0 Å². The third-order valence-electron chi connectivity index (χ3n) is 5.85. The summed E-state index contributed by atoms with van der Waals surface area (Å²) in [4.78, 5) is 16.7. The number of carbonyl (C=O) groups is 1. The highest BCUT2D eigenvalue weighted by molar-refractivity contribution is 6.30. The van der Waals surface area contributed by atoms with Crippen LogP contribution in [-0.2, 0) is 5.60 Å². The van der Waals surface area contributed by atoms with Gasteiger partial charge >= 0.3 is 0 Å². The number of hydrogen-bond donors (Lipinski definition) is 2. The summed E-state index contributed by atoms with van der Waals surface area (Å²) in [5.74, 6) is -0.116. The molecule has 1 amide bonds. The lowest BCUT2D eigenvalue weighted by molar-refractivity contribution is 0.0686. The van der Waals surface area contributed by atoms with Crippen molar-refractivity contribution in [2.75, 3.05) is 0 Å². The van der Waals surface area contributed by atoms with E-state index in [9.17, 15) is 15.2 Å². The Bertz CT molecular complexity index is 1230. The summed E-state index contributed by atoms with van der Waals surface area (Å²) in [6, 6.07) is 10.5. The third kappa shape index (κ3) is 4.22. The number of pyridine rings is 1. The minimum absolute atomic E-state index is 0.0539. The lowest BCUT2D eigenvalue weighted by Gasteiger charge is -2.36. The molecule has 3 aromatic rings. The highest BCUT2D eigenvalue weighted by Crippen LogP contribution is 2.39. The molecule has 0 bridgehead atoms. The Kier molecular flexibility index (Phi) is 5.95. The maximum absolute atomic E-state index is 12.6. The molecule has 164 valence electrons. The van der Waals surface area contributed by atoms with E-state index in [2.05, 4.69) is 21.5 Å². The van der Waals surface area contributed by atoms with Gasteiger partial charge in [-0.05, 0) is 68.0 Å². The van der Waals surface area contributed by atoms with E-state index in [4.69, 9.17) is 27.7 Å². The van der Waals surface area contributed by atoms with E-state index < -0.39 is 11.5 Å². The molecular formula is C23H20Cl2N4O3. The molecule has 9 heteroatoms. The molecule has 32 heavy (non-hydrogen) atoms. The van der Waals surface area contributed by atoms with Crippen LogP contribution in [0.15, 0.2) is 41.1 Å². The van der Waals surface area contributed by atoms with Crippen LogP contribution >= 0.6 is 23.2 Å². The number of halogens is 2. The van der Waals surface area contributed by atoms with Crippen molar-refractivity contribution in [2.45, 2.75) is 44.2 Å². The normalized spacial score (nSPS) is 19.5. The van der Waals surface area contributed by atoms with Gasteiger partial charge in [0.15, 0.2) is 11.5 Å². The predicted molar refractivity (Wildman–Crippen MR) is 119 cm³/mol. The van der Waals surface area contributed by atoms with Crippen LogP contribution in [-0.4, -0.2) is 27.2 Å². The molecular weight excluding hydrogens is 451 g/mol. The van der Waals surface area contributed by atoms with Gasteiger partial charge in [-0.2, -0.15) is 5.26 Å². The first kappa shape index (κ1) is 22.3. The molecule has 2 N–H and O–H groups in total. The monoisotopic (exact) mass is 470 g/mol. The molecule has 1 aliphatic carbocycles. The van der Waals surface area contributed by atoms with E-state index in [-0.39, 0.29) is 23.4 Å². The molecule has 0 spiro atoms. The van der Waals surface area contributed by atoms with Crippen LogP contribution < -0.4 is 5.32 Å². The van der Waals surface area contributed by atoms with Crippen molar-refractivity contribution in [2.24, 2.45) is 0 Å². The SMILES string of the molecule is Cc1cc(C(C)(O)c2cc(C(=O)N[C@H]3C[C@@H](c4cc(Cl)ccc4C#N)C3)no2)cnc1Cl. The van der Waals surface area contributed by atoms with Crippen LogP contribution in [0.25, 0.3) is 0 Å². The number of carbonyl (C=O) groups excluding carboxylic acids is 1. The van der Waals surface area contributed by atoms with Crippen molar-refractivity contribution in [3.8, 4) is 6.07 Å². The Morgan fingerprint density at radius 2 is 2.06 bits per heavy atom. The second-order valence-electron chi connectivity index (χ2n) is 8.16. The number of aromatic nitrogens is 2. The quantitative estimate of drug-likeness (QED) is 0.531. The van der Waals surface area contributed by atoms with E-state index >= 15 is 0 Å². The number of aliphatic hydroxyl groups is 1. The summed E-state index contributed by atoms with van der Waals surface area (Å²) in [6.45, 7) is 3.32. The van der Waals surface area contributed by atoms with Crippen LogP contribution in [0.5, 0.6) is 0 Å². The summed E-state index contributed by atoms with van der Waals surface area (Å²) in [6.07, 6.45) is 2.84. The zero-order valence-electron chi connectivity index (χ0n) is 17.4. The summed E-state index contributed by atoms with van der Waals surface area (Å²) in [7, 11) is 0. The lowest BCUT2D eigenvalue weighted by Crippen LogP contribution is -2.43. The Hall–Kier alpha value is -2.92. The molecule has 0 aliphatic heterocycles. The van der Waals surface area contributed by atoms with Crippen molar-refractivity contribution < 1.29 is 14.4 Å². The van der Waals surface area contributed by atoms with Gasteiger partial charge in [0.05, 0.1) is 11.6 Å². The standard InChI is InChI=1S/C23H20Cl2N4O3/c1-12-5-15(11-27-21(12)25)23(2,31)20-9-19(29-32-20)22(30)28-17-6-14(7-17)18-8-16(24)4-3-13(18)10-26/h3-5,8-9,11,14,17,31H,6-7H2,1-2H3,(H,28,30)/t14-,17+,23?. The Labute approximate surface area is 195 Å². The minimum Gasteiger partial charge on any atom is -0.377 e. The molecule has 2 heterocycles. The first-order chi connectivity index (χ1) is 15.2. The molecule has 1 atom stereocenters. The average molecular weight is 471 g/mol. The number of benzene rings is 1. The number of nitrogens with zero attached hydrogens (tertiary/aromatic N) is 3. The molecule has 1 aliphatic rings. The second-order valence-corrected chi connectivity index (χ2v) is 8.96.